The SMILES string of the molecule is CC(C)(C)[C@H]1C(O)=C(C2=NS(=O)(=O)c3ccccc32)C(=O)N1Cc1ccc(F)cc1. The molecule has 4 rings (SSSR count). The van der Waals surface area contributed by atoms with Gasteiger partial charge in [0.1, 0.15) is 22.9 Å². The molecule has 2 aliphatic rings. The Labute approximate surface area is 174 Å². The fourth-order valence-corrected chi connectivity index (χ4v) is 5.21. The van der Waals surface area contributed by atoms with Crippen molar-refractivity contribution in [2.24, 2.45) is 9.81 Å². The minimum atomic E-state index is -3.94. The van der Waals surface area contributed by atoms with Crippen LogP contribution in [0, 0.1) is 11.2 Å². The number of aliphatic hydroxyl groups is 1. The number of fused-ring (bicyclic) bond motifs is 1. The monoisotopic (exact) mass is 428 g/mol. The van der Waals surface area contributed by atoms with Gasteiger partial charge < -0.3 is 10.0 Å². The molecule has 0 saturated carbocycles. The second kappa shape index (κ2) is 6.77. The lowest BCUT2D eigenvalue weighted by Crippen LogP contribution is -2.43. The molecule has 0 bridgehead atoms. The maximum Gasteiger partial charge on any atom is 0.283 e. The molecule has 8 heteroatoms. The topological polar surface area (TPSA) is 87.0 Å². The molecular formula is C22H21FN2O4S. The average Bonchev–Trinajstić information content (AvgIpc) is 3.07. The Morgan fingerprint density at radius 1 is 1.10 bits per heavy atom. The van der Waals surface area contributed by atoms with Crippen LogP contribution in [-0.4, -0.2) is 36.1 Å². The summed E-state index contributed by atoms with van der Waals surface area (Å²) >= 11 is 0. The van der Waals surface area contributed by atoms with Crippen LogP contribution in [-0.2, 0) is 21.4 Å². The molecule has 0 radical (unpaired) electrons. The molecule has 0 fully saturated rings. The molecule has 2 aliphatic heterocycles. The Kier molecular flexibility index (Phi) is 4.58. The van der Waals surface area contributed by atoms with Gasteiger partial charge >= 0.3 is 0 Å². The summed E-state index contributed by atoms with van der Waals surface area (Å²) in [6, 6.07) is 11.3. The van der Waals surface area contributed by atoms with Crippen LogP contribution in [0.1, 0.15) is 31.9 Å². The van der Waals surface area contributed by atoms with E-state index in [0.29, 0.717) is 11.1 Å². The number of hydrogen-bond donors (Lipinski definition) is 1. The van der Waals surface area contributed by atoms with Gasteiger partial charge in [0.25, 0.3) is 15.9 Å². The molecular weight excluding hydrogens is 407 g/mol. The molecule has 30 heavy (non-hydrogen) atoms. The van der Waals surface area contributed by atoms with Gasteiger partial charge in [-0.3, -0.25) is 4.79 Å². The zero-order chi connectivity index (χ0) is 21.8. The van der Waals surface area contributed by atoms with E-state index in [0.717, 1.165) is 0 Å². The molecule has 6 nitrogen and oxygen atoms in total. The van der Waals surface area contributed by atoms with Crippen LogP contribution >= 0.6 is 0 Å². The van der Waals surface area contributed by atoms with E-state index in [9.17, 15) is 22.7 Å². The average molecular weight is 428 g/mol. The second-order valence-electron chi connectivity index (χ2n) is 8.50. The number of rotatable bonds is 3. The Balaban J connectivity index is 1.82. The summed E-state index contributed by atoms with van der Waals surface area (Å²) in [6.07, 6.45) is 0. The summed E-state index contributed by atoms with van der Waals surface area (Å²) < 4.78 is 42.0. The van der Waals surface area contributed by atoms with Crippen LogP contribution < -0.4 is 0 Å². The van der Waals surface area contributed by atoms with E-state index in [1.54, 1.807) is 30.3 Å². The van der Waals surface area contributed by atoms with E-state index in [4.69, 9.17) is 0 Å². The number of benzene rings is 2. The summed E-state index contributed by atoms with van der Waals surface area (Å²) in [5.41, 5.74) is 0.298. The predicted octanol–water partition coefficient (Wildman–Crippen LogP) is 3.59. The van der Waals surface area contributed by atoms with Gasteiger partial charge in [-0.15, -0.1) is 0 Å². The third-order valence-electron chi connectivity index (χ3n) is 5.26. The van der Waals surface area contributed by atoms with Crippen LogP contribution in [0.3, 0.4) is 0 Å². The number of nitrogens with zero attached hydrogens (tertiary/aromatic N) is 2. The number of halogens is 1. The summed E-state index contributed by atoms with van der Waals surface area (Å²) in [7, 11) is -3.94. The molecule has 0 aliphatic carbocycles. The largest absolute Gasteiger partial charge is 0.509 e. The fourth-order valence-electron chi connectivity index (χ4n) is 3.99. The Morgan fingerprint density at radius 3 is 2.37 bits per heavy atom. The van der Waals surface area contributed by atoms with Gasteiger partial charge in [0.15, 0.2) is 0 Å². The standard InChI is InChI=1S/C22H21FN2O4S/c1-22(2,3)20-19(26)17(18-15-6-4-5-7-16(15)30(28,29)24-18)21(27)25(20)12-13-8-10-14(23)11-9-13/h4-11,20,26H,12H2,1-3H3/t20-/m1/s1. The molecule has 0 spiro atoms. The lowest BCUT2D eigenvalue weighted by Gasteiger charge is -2.35. The number of sulfonamides is 1. The molecule has 2 aromatic rings. The maximum atomic E-state index is 13.4. The minimum absolute atomic E-state index is 0.0115. The van der Waals surface area contributed by atoms with Gasteiger partial charge in [0.05, 0.1) is 10.9 Å². The summed E-state index contributed by atoms with van der Waals surface area (Å²) in [5, 5.41) is 11.1. The molecule has 2 aromatic carbocycles. The lowest BCUT2D eigenvalue weighted by atomic mass is 9.84. The second-order valence-corrected chi connectivity index (χ2v) is 10.1. The van der Waals surface area contributed by atoms with Crippen molar-refractivity contribution in [1.82, 2.24) is 4.90 Å². The van der Waals surface area contributed by atoms with E-state index < -0.39 is 27.4 Å². The third-order valence-corrected chi connectivity index (χ3v) is 6.59. The number of carbonyl (C=O) groups is 1. The Bertz CT molecular complexity index is 1210. The van der Waals surface area contributed by atoms with Crippen molar-refractivity contribution in [3.63, 3.8) is 0 Å². The highest BCUT2D eigenvalue weighted by atomic mass is 32.2. The van der Waals surface area contributed by atoms with Gasteiger partial charge in [0, 0.05) is 12.1 Å². The van der Waals surface area contributed by atoms with Crippen molar-refractivity contribution in [2.45, 2.75) is 38.3 Å². The first-order valence-corrected chi connectivity index (χ1v) is 10.9. The van der Waals surface area contributed by atoms with Crippen molar-refractivity contribution in [3.8, 4) is 0 Å². The summed E-state index contributed by atoms with van der Waals surface area (Å²) in [5.74, 6) is -1.11. The van der Waals surface area contributed by atoms with Crippen LogP contribution in [0.5, 0.6) is 0 Å². The summed E-state index contributed by atoms with van der Waals surface area (Å²) in [4.78, 5) is 14.9. The van der Waals surface area contributed by atoms with E-state index in [1.807, 2.05) is 20.8 Å². The number of hydrogen-bond acceptors (Lipinski definition) is 4. The van der Waals surface area contributed by atoms with E-state index in [2.05, 4.69) is 4.40 Å². The quantitative estimate of drug-likeness (QED) is 0.810. The first-order valence-electron chi connectivity index (χ1n) is 9.44. The van der Waals surface area contributed by atoms with Gasteiger partial charge in [-0.05, 0) is 29.2 Å². The highest BCUT2D eigenvalue weighted by Crippen LogP contribution is 2.40. The molecule has 0 unspecified atom stereocenters. The highest BCUT2D eigenvalue weighted by Gasteiger charge is 2.48. The van der Waals surface area contributed by atoms with Crippen molar-refractivity contribution in [2.75, 3.05) is 0 Å². The smallest absolute Gasteiger partial charge is 0.283 e. The van der Waals surface area contributed by atoms with Crippen molar-refractivity contribution in [3.05, 3.63) is 76.8 Å². The molecule has 1 atom stereocenters. The number of carbonyl (C=O) groups excluding carboxylic acids is 1. The van der Waals surface area contributed by atoms with Crippen molar-refractivity contribution < 1.29 is 22.7 Å². The molecule has 156 valence electrons. The van der Waals surface area contributed by atoms with Crippen molar-refractivity contribution in [1.29, 1.82) is 0 Å². The normalized spacial score (nSPS) is 20.5. The van der Waals surface area contributed by atoms with Crippen LogP contribution in [0.25, 0.3) is 0 Å². The van der Waals surface area contributed by atoms with Crippen LogP contribution in [0.15, 0.2) is 69.2 Å². The van der Waals surface area contributed by atoms with Gasteiger partial charge in [-0.25, -0.2) is 4.39 Å². The Hall–Kier alpha value is -3.00. The first kappa shape index (κ1) is 20.3. The van der Waals surface area contributed by atoms with Crippen LogP contribution in [0.4, 0.5) is 4.39 Å². The van der Waals surface area contributed by atoms with E-state index in [1.165, 1.54) is 23.1 Å². The predicted molar refractivity (Wildman–Crippen MR) is 110 cm³/mol. The van der Waals surface area contributed by atoms with Gasteiger partial charge in [0.2, 0.25) is 0 Å². The zero-order valence-corrected chi connectivity index (χ0v) is 17.6. The fraction of sp³-hybridized carbons (Fsp3) is 0.273. The zero-order valence-electron chi connectivity index (χ0n) is 16.8. The highest BCUT2D eigenvalue weighted by molar-refractivity contribution is 7.90. The summed E-state index contributed by atoms with van der Waals surface area (Å²) in [6.45, 7) is 5.77. The van der Waals surface area contributed by atoms with Gasteiger partial charge in [-0.1, -0.05) is 51.1 Å². The third kappa shape index (κ3) is 3.21. The van der Waals surface area contributed by atoms with Gasteiger partial charge in [-0.2, -0.15) is 12.8 Å². The molecule has 0 saturated heterocycles. The maximum absolute atomic E-state index is 13.4. The van der Waals surface area contributed by atoms with Crippen LogP contribution in [0.2, 0.25) is 0 Å². The van der Waals surface area contributed by atoms with E-state index in [-0.39, 0.29) is 34.3 Å². The van der Waals surface area contributed by atoms with E-state index >= 15 is 0 Å². The Morgan fingerprint density at radius 2 is 1.73 bits per heavy atom. The number of aliphatic hydroxyl groups excluding tert-OH is 1. The number of amides is 1. The van der Waals surface area contributed by atoms with Crippen molar-refractivity contribution >= 4 is 21.6 Å². The minimum Gasteiger partial charge on any atom is -0.509 e. The molecule has 1 N–H and O–H groups in total. The first-order chi connectivity index (χ1) is 14.0. The lowest BCUT2D eigenvalue weighted by molar-refractivity contribution is -0.129. The molecule has 0 aromatic heterocycles. The molecule has 2 heterocycles. The molecule has 1 amide bonds.